The van der Waals surface area contributed by atoms with E-state index in [0.29, 0.717) is 24.6 Å². The van der Waals surface area contributed by atoms with Crippen molar-refractivity contribution in [1.29, 1.82) is 0 Å². The molecule has 0 radical (unpaired) electrons. The van der Waals surface area contributed by atoms with Gasteiger partial charge in [-0.25, -0.2) is 5.06 Å². The number of benzene rings is 1. The maximum atomic E-state index is 11.7. The zero-order valence-corrected chi connectivity index (χ0v) is 9.59. The summed E-state index contributed by atoms with van der Waals surface area (Å²) in [6.45, 7) is 1.24. The predicted octanol–water partition coefficient (Wildman–Crippen LogP) is 1.20. The molecule has 1 aliphatic rings. The number of nitrogen functional groups attached to an aromatic ring is 1. The fraction of sp³-hybridized carbons (Fsp3) is 0.417. The molecule has 1 aliphatic heterocycles. The van der Waals surface area contributed by atoms with Crippen molar-refractivity contribution in [2.24, 2.45) is 0 Å². The van der Waals surface area contributed by atoms with Crippen molar-refractivity contribution in [3.8, 4) is 5.75 Å². The van der Waals surface area contributed by atoms with Crippen molar-refractivity contribution >= 4 is 11.6 Å². The van der Waals surface area contributed by atoms with E-state index in [2.05, 4.69) is 0 Å². The van der Waals surface area contributed by atoms with Gasteiger partial charge in [-0.3, -0.25) is 9.63 Å². The second-order valence-corrected chi connectivity index (χ2v) is 3.89. The molecule has 1 amide bonds. The molecule has 1 heterocycles. The number of rotatable bonds is 3. The van der Waals surface area contributed by atoms with E-state index < -0.39 is 0 Å². The minimum atomic E-state index is -0.151. The number of nitrogens with two attached hydrogens (primary N) is 1. The Morgan fingerprint density at radius 1 is 1.35 bits per heavy atom. The summed E-state index contributed by atoms with van der Waals surface area (Å²) < 4.78 is 5.35. The normalized spacial score (nSPS) is 15.6. The molecule has 0 aliphatic carbocycles. The fourth-order valence-corrected chi connectivity index (χ4v) is 1.57. The van der Waals surface area contributed by atoms with Crippen LogP contribution in [-0.2, 0) is 9.63 Å². The van der Waals surface area contributed by atoms with Crippen molar-refractivity contribution in [1.82, 2.24) is 5.06 Å². The Morgan fingerprint density at radius 3 is 2.76 bits per heavy atom. The molecule has 0 aromatic heterocycles. The van der Waals surface area contributed by atoms with E-state index in [1.54, 1.807) is 24.3 Å². The average molecular weight is 236 g/mol. The highest BCUT2D eigenvalue weighted by molar-refractivity contribution is 5.76. The monoisotopic (exact) mass is 236 g/mol. The van der Waals surface area contributed by atoms with Crippen LogP contribution in [0.25, 0.3) is 0 Å². The molecule has 2 N–H and O–H groups in total. The Bertz CT molecular complexity index is 372. The molecule has 0 spiro atoms. The van der Waals surface area contributed by atoms with E-state index in [4.69, 9.17) is 15.3 Å². The Balaban J connectivity index is 1.81. The van der Waals surface area contributed by atoms with Gasteiger partial charge in [0.25, 0.3) is 5.91 Å². The second kappa shape index (κ2) is 5.54. The van der Waals surface area contributed by atoms with E-state index in [-0.39, 0.29) is 12.5 Å². The van der Waals surface area contributed by atoms with Crippen molar-refractivity contribution in [2.75, 3.05) is 25.5 Å². The second-order valence-electron chi connectivity index (χ2n) is 3.89. The zero-order valence-electron chi connectivity index (χ0n) is 9.59. The van der Waals surface area contributed by atoms with Crippen LogP contribution < -0.4 is 10.5 Å². The number of amides is 1. The van der Waals surface area contributed by atoms with Gasteiger partial charge in [-0.05, 0) is 37.1 Å². The highest BCUT2D eigenvalue weighted by Gasteiger charge is 2.17. The van der Waals surface area contributed by atoms with Crippen LogP contribution in [-0.4, -0.2) is 30.7 Å². The quantitative estimate of drug-likeness (QED) is 0.801. The molecular formula is C12H16N2O3. The van der Waals surface area contributed by atoms with Crippen LogP contribution >= 0.6 is 0 Å². The van der Waals surface area contributed by atoms with Gasteiger partial charge < -0.3 is 10.5 Å². The van der Waals surface area contributed by atoms with Gasteiger partial charge >= 0.3 is 0 Å². The molecule has 1 saturated heterocycles. The van der Waals surface area contributed by atoms with Gasteiger partial charge in [-0.1, -0.05) is 0 Å². The molecule has 92 valence electrons. The van der Waals surface area contributed by atoms with Crippen molar-refractivity contribution in [3.05, 3.63) is 24.3 Å². The third-order valence-electron chi connectivity index (χ3n) is 2.52. The van der Waals surface area contributed by atoms with Gasteiger partial charge in [0.1, 0.15) is 5.75 Å². The number of hydrogen-bond acceptors (Lipinski definition) is 4. The largest absolute Gasteiger partial charge is 0.484 e. The average Bonchev–Trinajstić information content (AvgIpc) is 2.39. The lowest BCUT2D eigenvalue weighted by Gasteiger charge is -2.25. The highest BCUT2D eigenvalue weighted by atomic mass is 16.7. The summed E-state index contributed by atoms with van der Waals surface area (Å²) in [7, 11) is 0. The molecule has 0 atom stereocenters. The van der Waals surface area contributed by atoms with Gasteiger partial charge in [0.2, 0.25) is 0 Å². The Morgan fingerprint density at radius 2 is 2.12 bits per heavy atom. The molecule has 0 saturated carbocycles. The minimum Gasteiger partial charge on any atom is -0.484 e. The van der Waals surface area contributed by atoms with Gasteiger partial charge in [0.05, 0.1) is 6.61 Å². The van der Waals surface area contributed by atoms with Crippen LogP contribution in [0, 0.1) is 0 Å². The van der Waals surface area contributed by atoms with Crippen LogP contribution in [0.5, 0.6) is 5.75 Å². The molecule has 1 aromatic carbocycles. The number of anilines is 1. The molecule has 5 heteroatoms. The summed E-state index contributed by atoms with van der Waals surface area (Å²) in [6.07, 6.45) is 1.98. The summed E-state index contributed by atoms with van der Waals surface area (Å²) in [5.41, 5.74) is 6.22. The van der Waals surface area contributed by atoms with Crippen LogP contribution in [0.2, 0.25) is 0 Å². The lowest BCUT2D eigenvalue weighted by atomic mass is 10.3. The molecular weight excluding hydrogens is 220 g/mol. The molecule has 2 rings (SSSR count). The van der Waals surface area contributed by atoms with E-state index >= 15 is 0 Å². The Labute approximate surface area is 100 Å². The molecule has 17 heavy (non-hydrogen) atoms. The van der Waals surface area contributed by atoms with Crippen molar-refractivity contribution in [3.63, 3.8) is 0 Å². The van der Waals surface area contributed by atoms with Crippen LogP contribution in [0.4, 0.5) is 5.69 Å². The van der Waals surface area contributed by atoms with Crippen molar-refractivity contribution < 1.29 is 14.4 Å². The highest BCUT2D eigenvalue weighted by Crippen LogP contribution is 2.13. The van der Waals surface area contributed by atoms with Crippen LogP contribution in [0.1, 0.15) is 12.8 Å². The van der Waals surface area contributed by atoms with E-state index in [1.165, 1.54) is 5.06 Å². The van der Waals surface area contributed by atoms with E-state index in [1.807, 2.05) is 0 Å². The molecule has 0 unspecified atom stereocenters. The first-order chi connectivity index (χ1) is 8.25. The van der Waals surface area contributed by atoms with Gasteiger partial charge in [0, 0.05) is 12.2 Å². The first kappa shape index (κ1) is 11.7. The number of ether oxygens (including phenoxy) is 1. The summed E-state index contributed by atoms with van der Waals surface area (Å²) in [4.78, 5) is 16.9. The number of nitrogens with zero attached hydrogens (tertiary/aromatic N) is 1. The number of carbonyl (C=O) groups excluding carboxylic acids is 1. The molecule has 1 aromatic rings. The smallest absolute Gasteiger partial charge is 0.283 e. The predicted molar refractivity (Wildman–Crippen MR) is 63.2 cm³/mol. The lowest BCUT2D eigenvalue weighted by molar-refractivity contribution is -0.198. The fourth-order valence-electron chi connectivity index (χ4n) is 1.57. The summed E-state index contributed by atoms with van der Waals surface area (Å²) in [5, 5.41) is 1.38. The Kier molecular flexibility index (Phi) is 3.82. The van der Waals surface area contributed by atoms with Gasteiger partial charge in [-0.2, -0.15) is 0 Å². The first-order valence-electron chi connectivity index (χ1n) is 5.67. The third kappa shape index (κ3) is 3.35. The third-order valence-corrected chi connectivity index (χ3v) is 2.52. The summed E-state index contributed by atoms with van der Waals surface area (Å²) >= 11 is 0. The standard InChI is InChI=1S/C12H16N2O3/c13-10-3-5-11(6-4-10)16-9-12(15)14-7-1-2-8-17-14/h3-6H,1-2,7-9,13H2. The molecule has 1 fully saturated rings. The number of hydrogen-bond donors (Lipinski definition) is 1. The topological polar surface area (TPSA) is 64.8 Å². The van der Waals surface area contributed by atoms with E-state index in [0.717, 1.165) is 12.8 Å². The lowest BCUT2D eigenvalue weighted by Crippen LogP contribution is -2.38. The Hall–Kier alpha value is -1.75. The molecule has 0 bridgehead atoms. The van der Waals surface area contributed by atoms with Crippen LogP contribution in [0.3, 0.4) is 0 Å². The SMILES string of the molecule is Nc1ccc(OCC(=O)N2CCCCO2)cc1. The van der Waals surface area contributed by atoms with E-state index in [9.17, 15) is 4.79 Å². The number of hydroxylamine groups is 2. The molecule has 5 nitrogen and oxygen atoms in total. The minimum absolute atomic E-state index is 0.0100. The number of carbonyl (C=O) groups is 1. The van der Waals surface area contributed by atoms with Crippen LogP contribution in [0.15, 0.2) is 24.3 Å². The van der Waals surface area contributed by atoms with Gasteiger partial charge in [0.15, 0.2) is 6.61 Å². The maximum absolute atomic E-state index is 11.7. The van der Waals surface area contributed by atoms with Crippen molar-refractivity contribution in [2.45, 2.75) is 12.8 Å². The van der Waals surface area contributed by atoms with Gasteiger partial charge in [-0.15, -0.1) is 0 Å². The maximum Gasteiger partial charge on any atom is 0.283 e. The zero-order chi connectivity index (χ0) is 12.1. The first-order valence-corrected chi connectivity index (χ1v) is 5.67. The summed E-state index contributed by atoms with van der Waals surface area (Å²) in [6, 6.07) is 6.94. The summed E-state index contributed by atoms with van der Waals surface area (Å²) in [5.74, 6) is 0.478.